The van der Waals surface area contributed by atoms with Gasteiger partial charge in [-0.2, -0.15) is 0 Å². The molecule has 27 heavy (non-hydrogen) atoms. The fraction of sp³-hybridized carbons (Fsp3) is 0.765. The number of alkyl carbamates (subject to hydrolysis) is 1. The molecular formula is C17H34N6O4. The maximum Gasteiger partial charge on any atom is 0.407 e. The average Bonchev–Trinajstić information content (AvgIpc) is 2.64. The van der Waals surface area contributed by atoms with E-state index < -0.39 is 6.09 Å². The van der Waals surface area contributed by atoms with E-state index in [1.54, 1.807) is 0 Å². The summed E-state index contributed by atoms with van der Waals surface area (Å²) in [6.45, 7) is 2.82. The number of unbranched alkanes of at least 4 members (excludes halogenated alkanes) is 4. The highest BCUT2D eigenvalue weighted by Crippen LogP contribution is 1.99. The summed E-state index contributed by atoms with van der Waals surface area (Å²) in [5, 5.41) is 8.41. The molecule has 0 spiro atoms. The van der Waals surface area contributed by atoms with Crippen LogP contribution in [0.3, 0.4) is 0 Å². The van der Waals surface area contributed by atoms with Gasteiger partial charge in [-0.05, 0) is 32.2 Å². The van der Waals surface area contributed by atoms with Crippen molar-refractivity contribution < 1.29 is 19.1 Å². The number of ether oxygens (including phenoxy) is 1. The van der Waals surface area contributed by atoms with Crippen LogP contribution in [0.2, 0.25) is 0 Å². The first-order valence-electron chi connectivity index (χ1n) is 9.43. The number of carbonyl (C=O) groups is 3. The van der Waals surface area contributed by atoms with Crippen molar-refractivity contribution in [3.05, 3.63) is 0 Å². The third kappa shape index (κ3) is 19.8. The van der Waals surface area contributed by atoms with Gasteiger partial charge in [0.2, 0.25) is 0 Å². The summed E-state index contributed by atoms with van der Waals surface area (Å²) in [6.07, 6.45) is 6.15. The fourth-order valence-electron chi connectivity index (χ4n) is 2.11. The summed E-state index contributed by atoms with van der Waals surface area (Å²) in [5.41, 5.74) is 10.5. The topological polar surface area (TPSA) is 161 Å². The van der Waals surface area contributed by atoms with Crippen LogP contribution in [0.1, 0.15) is 44.9 Å². The van der Waals surface area contributed by atoms with Crippen molar-refractivity contribution in [1.29, 1.82) is 0 Å². The third-order valence-electron chi connectivity index (χ3n) is 3.52. The molecule has 10 nitrogen and oxygen atoms in total. The Morgan fingerprint density at radius 1 is 0.889 bits per heavy atom. The number of nitrogens with one attached hydrogen (secondary N) is 3. The van der Waals surface area contributed by atoms with Gasteiger partial charge in [-0.25, -0.2) is 4.79 Å². The Bertz CT molecular complexity index is 441. The lowest BCUT2D eigenvalue weighted by Gasteiger charge is -2.08. The third-order valence-corrected chi connectivity index (χ3v) is 3.52. The lowest BCUT2D eigenvalue weighted by atomic mass is 10.2. The van der Waals surface area contributed by atoms with Crippen molar-refractivity contribution in [3.63, 3.8) is 0 Å². The highest BCUT2D eigenvalue weighted by molar-refractivity contribution is 5.80. The molecule has 0 aliphatic rings. The molecular weight excluding hydrogens is 352 g/mol. The molecule has 0 saturated heterocycles. The maximum absolute atomic E-state index is 11.6. The van der Waals surface area contributed by atoms with Crippen LogP contribution in [0.5, 0.6) is 0 Å². The van der Waals surface area contributed by atoms with Crippen LogP contribution in [0.4, 0.5) is 4.79 Å². The van der Waals surface area contributed by atoms with E-state index in [0.29, 0.717) is 32.6 Å². The summed E-state index contributed by atoms with van der Waals surface area (Å²) < 4.78 is 4.84. The number of guanidine groups is 1. The maximum atomic E-state index is 11.6. The molecule has 0 aromatic carbocycles. The number of amides is 2. The molecule has 0 rings (SSSR count). The van der Waals surface area contributed by atoms with Gasteiger partial charge in [0.1, 0.15) is 6.29 Å². The second-order valence-electron chi connectivity index (χ2n) is 5.99. The zero-order valence-corrected chi connectivity index (χ0v) is 16.0. The van der Waals surface area contributed by atoms with Crippen LogP contribution in [0.15, 0.2) is 4.99 Å². The zero-order chi connectivity index (χ0) is 20.2. The van der Waals surface area contributed by atoms with E-state index in [1.165, 1.54) is 0 Å². The first-order chi connectivity index (χ1) is 13.1. The Hall–Kier alpha value is -2.36. The molecule has 0 bridgehead atoms. The molecule has 156 valence electrons. The molecule has 0 heterocycles. The van der Waals surface area contributed by atoms with Crippen LogP contribution in [0, 0.1) is 0 Å². The Labute approximate surface area is 160 Å². The van der Waals surface area contributed by atoms with Gasteiger partial charge < -0.3 is 36.9 Å². The minimum atomic E-state index is -0.598. The molecule has 7 N–H and O–H groups in total. The average molecular weight is 386 g/mol. The fourth-order valence-corrected chi connectivity index (χ4v) is 2.11. The van der Waals surface area contributed by atoms with Crippen LogP contribution >= 0.6 is 0 Å². The van der Waals surface area contributed by atoms with E-state index in [0.717, 1.165) is 51.4 Å². The molecule has 0 atom stereocenters. The van der Waals surface area contributed by atoms with E-state index >= 15 is 0 Å². The van der Waals surface area contributed by atoms with Gasteiger partial charge in [0, 0.05) is 32.6 Å². The van der Waals surface area contributed by atoms with Crippen LogP contribution < -0.4 is 27.4 Å². The van der Waals surface area contributed by atoms with Crippen LogP contribution in [-0.2, 0) is 14.3 Å². The van der Waals surface area contributed by atoms with Crippen LogP contribution in [-0.4, -0.2) is 63.6 Å². The molecule has 0 saturated carbocycles. The van der Waals surface area contributed by atoms with Gasteiger partial charge in [0.05, 0.1) is 0 Å². The minimum Gasteiger partial charge on any atom is -0.439 e. The SMILES string of the molecule is NC(N)=NCCCCCCNC(=O)COC(=O)NCCCCNCCC=O. The number of nitrogens with zero attached hydrogens (tertiary/aromatic N) is 1. The molecule has 0 unspecified atom stereocenters. The molecule has 10 heteroatoms. The number of nitrogens with two attached hydrogens (primary N) is 2. The Kier molecular flexibility index (Phi) is 16.8. The lowest BCUT2D eigenvalue weighted by molar-refractivity contribution is -0.124. The second-order valence-corrected chi connectivity index (χ2v) is 5.99. The molecule has 0 radical (unpaired) electrons. The number of hydrogen-bond donors (Lipinski definition) is 5. The number of rotatable bonds is 17. The zero-order valence-electron chi connectivity index (χ0n) is 16.0. The van der Waals surface area contributed by atoms with Gasteiger partial charge >= 0.3 is 6.09 Å². The summed E-state index contributed by atoms with van der Waals surface area (Å²) in [5.74, 6) is -0.209. The monoisotopic (exact) mass is 386 g/mol. The van der Waals surface area contributed by atoms with Crippen molar-refractivity contribution in [2.45, 2.75) is 44.9 Å². The number of aldehydes is 1. The smallest absolute Gasteiger partial charge is 0.407 e. The normalized spacial score (nSPS) is 10.1. The van der Waals surface area contributed by atoms with Crippen molar-refractivity contribution in [2.24, 2.45) is 16.5 Å². The Morgan fingerprint density at radius 3 is 2.30 bits per heavy atom. The minimum absolute atomic E-state index is 0.106. The van der Waals surface area contributed by atoms with Gasteiger partial charge in [0.25, 0.3) is 5.91 Å². The van der Waals surface area contributed by atoms with E-state index in [9.17, 15) is 14.4 Å². The number of hydrogen-bond acceptors (Lipinski definition) is 6. The molecule has 0 fully saturated rings. The predicted molar refractivity (Wildman–Crippen MR) is 104 cm³/mol. The standard InChI is InChI=1S/C17H34N6O4/c18-16(19)22-11-4-2-1-3-10-21-15(25)14-27-17(26)23-12-6-5-8-20-9-7-13-24/h13,20H,1-12,14H2,(H,21,25)(H,23,26)(H4,18,19,22). The van der Waals surface area contributed by atoms with Gasteiger partial charge in [-0.1, -0.05) is 12.8 Å². The molecule has 0 aromatic rings. The van der Waals surface area contributed by atoms with E-state index in [1.807, 2.05) is 0 Å². The molecule has 0 aliphatic carbocycles. The highest BCUT2D eigenvalue weighted by atomic mass is 16.6. The largest absolute Gasteiger partial charge is 0.439 e. The van der Waals surface area contributed by atoms with Crippen molar-refractivity contribution >= 4 is 24.2 Å². The summed E-state index contributed by atoms with van der Waals surface area (Å²) >= 11 is 0. The quantitative estimate of drug-likeness (QED) is 0.0985. The summed E-state index contributed by atoms with van der Waals surface area (Å²) in [7, 11) is 0. The Morgan fingerprint density at radius 2 is 1.56 bits per heavy atom. The Balaban J connectivity index is 3.39. The van der Waals surface area contributed by atoms with E-state index in [4.69, 9.17) is 16.2 Å². The van der Waals surface area contributed by atoms with E-state index in [2.05, 4.69) is 20.9 Å². The predicted octanol–water partition coefficient (Wildman–Crippen LogP) is -0.379. The number of carbonyl (C=O) groups excluding carboxylic acids is 3. The summed E-state index contributed by atoms with van der Waals surface area (Å²) in [6, 6.07) is 0. The highest BCUT2D eigenvalue weighted by Gasteiger charge is 2.06. The van der Waals surface area contributed by atoms with Crippen molar-refractivity contribution in [2.75, 3.05) is 39.3 Å². The van der Waals surface area contributed by atoms with Crippen molar-refractivity contribution in [1.82, 2.24) is 16.0 Å². The first kappa shape index (κ1) is 24.6. The van der Waals surface area contributed by atoms with Gasteiger partial charge in [-0.3, -0.25) is 9.79 Å². The lowest BCUT2D eigenvalue weighted by Crippen LogP contribution is -2.33. The van der Waals surface area contributed by atoms with E-state index in [-0.39, 0.29) is 18.5 Å². The molecule has 0 aliphatic heterocycles. The summed E-state index contributed by atoms with van der Waals surface area (Å²) in [4.78, 5) is 37.0. The second kappa shape index (κ2) is 18.4. The molecule has 0 aromatic heterocycles. The first-order valence-corrected chi connectivity index (χ1v) is 9.43. The molecule has 2 amide bonds. The number of aliphatic imine (C=N–C) groups is 1. The van der Waals surface area contributed by atoms with Gasteiger partial charge in [0.15, 0.2) is 12.6 Å². The van der Waals surface area contributed by atoms with Crippen molar-refractivity contribution in [3.8, 4) is 0 Å². The van der Waals surface area contributed by atoms with Gasteiger partial charge in [-0.15, -0.1) is 0 Å². The van der Waals surface area contributed by atoms with Crippen LogP contribution in [0.25, 0.3) is 0 Å².